The van der Waals surface area contributed by atoms with Gasteiger partial charge < -0.3 is 9.84 Å². The fourth-order valence-electron chi connectivity index (χ4n) is 1.55. The van der Waals surface area contributed by atoms with Crippen LogP contribution in [0.4, 0.5) is 4.79 Å². The first kappa shape index (κ1) is 15.4. The number of carbonyl (C=O) groups excluding carboxylic acids is 1. The van der Waals surface area contributed by atoms with Crippen LogP contribution in [0.5, 0.6) is 0 Å². The van der Waals surface area contributed by atoms with Gasteiger partial charge in [0.05, 0.1) is 12.0 Å². The van der Waals surface area contributed by atoms with Crippen molar-refractivity contribution in [1.29, 1.82) is 0 Å². The number of hydrogen-bond donors (Lipinski definition) is 3. The summed E-state index contributed by atoms with van der Waals surface area (Å²) in [5, 5.41) is 8.76. The molecule has 2 unspecified atom stereocenters. The molecule has 0 spiro atoms. The molecule has 0 radical (unpaired) electrons. The molecule has 0 saturated heterocycles. The fourth-order valence-corrected chi connectivity index (χ4v) is 2.45. The highest BCUT2D eigenvalue weighted by Crippen LogP contribution is 2.18. The minimum absolute atomic E-state index is 0.107. The first-order valence-corrected chi connectivity index (χ1v) is 7.09. The molecule has 1 rings (SSSR count). The smallest absolute Gasteiger partial charge is 0.422 e. The molecule has 8 nitrogen and oxygen atoms in total. The summed E-state index contributed by atoms with van der Waals surface area (Å²) in [4.78, 5) is 21.8. The molecule has 0 aromatic rings. The molecule has 0 aromatic carbocycles. The number of amides is 1. The van der Waals surface area contributed by atoms with Gasteiger partial charge in [-0.25, -0.2) is 9.52 Å². The highest BCUT2D eigenvalue weighted by molar-refractivity contribution is 7.88. The van der Waals surface area contributed by atoms with Gasteiger partial charge in [-0.2, -0.15) is 13.1 Å². The van der Waals surface area contributed by atoms with Gasteiger partial charge in [-0.1, -0.05) is 12.2 Å². The average molecular weight is 292 g/mol. The van der Waals surface area contributed by atoms with Gasteiger partial charge in [0, 0.05) is 6.04 Å². The van der Waals surface area contributed by atoms with Gasteiger partial charge in [0.2, 0.25) is 0 Å². The first-order chi connectivity index (χ1) is 8.69. The Morgan fingerprint density at radius 1 is 1.37 bits per heavy atom. The number of carboxylic acid groups (broad SMARTS) is 1. The zero-order valence-electron chi connectivity index (χ0n) is 10.5. The summed E-state index contributed by atoms with van der Waals surface area (Å²) in [5.41, 5.74) is 0. The maximum absolute atomic E-state index is 11.6. The molecule has 0 bridgehead atoms. The Morgan fingerprint density at radius 3 is 2.47 bits per heavy atom. The van der Waals surface area contributed by atoms with Crippen LogP contribution in [0.2, 0.25) is 0 Å². The third-order valence-electron chi connectivity index (χ3n) is 2.27. The van der Waals surface area contributed by atoms with E-state index in [-0.39, 0.29) is 6.42 Å². The summed E-state index contributed by atoms with van der Waals surface area (Å²) in [7, 11) is -4.08. The Morgan fingerprint density at radius 2 is 2.00 bits per heavy atom. The summed E-state index contributed by atoms with van der Waals surface area (Å²) >= 11 is 0. The second-order valence-corrected chi connectivity index (χ2v) is 5.80. The Hall–Kier alpha value is -1.61. The summed E-state index contributed by atoms with van der Waals surface area (Å²) in [6.45, 7) is 3.16. The maximum Gasteiger partial charge on any atom is 0.422 e. The first-order valence-electron chi connectivity index (χ1n) is 5.61. The van der Waals surface area contributed by atoms with Crippen molar-refractivity contribution in [2.24, 2.45) is 5.92 Å². The normalized spacial score (nSPS) is 22.5. The Labute approximate surface area is 111 Å². The standard InChI is InChI=1S/C10H16N2O6S/c1-6(2)18-10(15)12-19(16,17)11-8-4-3-7(5-8)9(13)14/h3-4,6-8,11H,5H2,1-2H3,(H,12,15)(H,13,14). The molecule has 0 aliphatic heterocycles. The van der Waals surface area contributed by atoms with Crippen LogP contribution in [0.15, 0.2) is 12.2 Å². The molecular weight excluding hydrogens is 276 g/mol. The van der Waals surface area contributed by atoms with Crippen LogP contribution in [0.25, 0.3) is 0 Å². The van der Waals surface area contributed by atoms with Crippen LogP contribution >= 0.6 is 0 Å². The van der Waals surface area contributed by atoms with E-state index in [2.05, 4.69) is 9.46 Å². The van der Waals surface area contributed by atoms with Crippen molar-refractivity contribution < 1.29 is 27.9 Å². The average Bonchev–Trinajstić information content (AvgIpc) is 2.62. The van der Waals surface area contributed by atoms with Crippen molar-refractivity contribution in [3.8, 4) is 0 Å². The van der Waals surface area contributed by atoms with E-state index < -0.39 is 40.3 Å². The van der Waals surface area contributed by atoms with Crippen LogP contribution in [0.1, 0.15) is 20.3 Å². The topological polar surface area (TPSA) is 122 Å². The summed E-state index contributed by atoms with van der Waals surface area (Å²) in [6.07, 6.45) is 1.42. The largest absolute Gasteiger partial charge is 0.481 e. The zero-order chi connectivity index (χ0) is 14.6. The van der Waals surface area contributed by atoms with Gasteiger partial charge in [0.15, 0.2) is 0 Å². The molecule has 0 saturated carbocycles. The lowest BCUT2D eigenvalue weighted by Gasteiger charge is -2.14. The van der Waals surface area contributed by atoms with Crippen molar-refractivity contribution in [2.45, 2.75) is 32.4 Å². The van der Waals surface area contributed by atoms with Crippen molar-refractivity contribution in [3.63, 3.8) is 0 Å². The lowest BCUT2D eigenvalue weighted by atomic mass is 10.1. The number of carbonyl (C=O) groups is 2. The lowest BCUT2D eigenvalue weighted by molar-refractivity contribution is -0.140. The van der Waals surface area contributed by atoms with Crippen LogP contribution in [-0.4, -0.2) is 37.7 Å². The Balaban J connectivity index is 2.51. The van der Waals surface area contributed by atoms with E-state index in [4.69, 9.17) is 5.11 Å². The molecule has 0 fully saturated rings. The van der Waals surface area contributed by atoms with E-state index in [1.54, 1.807) is 18.6 Å². The molecule has 0 heterocycles. The molecule has 0 aromatic heterocycles. The van der Waals surface area contributed by atoms with Crippen molar-refractivity contribution in [3.05, 3.63) is 12.2 Å². The van der Waals surface area contributed by atoms with Crippen molar-refractivity contribution >= 4 is 22.3 Å². The zero-order valence-corrected chi connectivity index (χ0v) is 11.3. The van der Waals surface area contributed by atoms with Crippen LogP contribution in [0.3, 0.4) is 0 Å². The number of carboxylic acids is 1. The molecule has 1 aliphatic carbocycles. The SMILES string of the molecule is CC(C)OC(=O)NS(=O)(=O)NC1C=CC(C(=O)O)C1. The van der Waals surface area contributed by atoms with Gasteiger partial charge in [0.1, 0.15) is 0 Å². The second-order valence-electron chi connectivity index (χ2n) is 4.35. The van der Waals surface area contributed by atoms with Crippen molar-refractivity contribution in [1.82, 2.24) is 9.44 Å². The van der Waals surface area contributed by atoms with E-state index in [9.17, 15) is 18.0 Å². The molecule has 108 valence electrons. The number of nitrogens with one attached hydrogen (secondary N) is 2. The molecule has 1 aliphatic rings. The molecule has 3 N–H and O–H groups in total. The number of rotatable bonds is 5. The van der Waals surface area contributed by atoms with Gasteiger partial charge in [-0.05, 0) is 20.3 Å². The molecule has 9 heteroatoms. The van der Waals surface area contributed by atoms with Crippen molar-refractivity contribution in [2.75, 3.05) is 0 Å². The minimum Gasteiger partial charge on any atom is -0.481 e. The van der Waals surface area contributed by atoms with Crippen LogP contribution in [0, 0.1) is 5.92 Å². The molecule has 19 heavy (non-hydrogen) atoms. The number of ether oxygens (including phenoxy) is 1. The van der Waals surface area contributed by atoms with E-state index in [1.807, 2.05) is 0 Å². The predicted octanol–water partition coefficient (Wildman–Crippen LogP) is -0.0153. The van der Waals surface area contributed by atoms with Gasteiger partial charge in [0.25, 0.3) is 0 Å². The third kappa shape index (κ3) is 5.26. The van der Waals surface area contributed by atoms with E-state index in [0.717, 1.165) is 0 Å². The number of hydrogen-bond acceptors (Lipinski definition) is 5. The highest BCUT2D eigenvalue weighted by atomic mass is 32.2. The van der Waals surface area contributed by atoms with Gasteiger partial charge in [-0.3, -0.25) is 4.79 Å². The molecule has 2 atom stereocenters. The van der Waals surface area contributed by atoms with Crippen LogP contribution in [-0.2, 0) is 19.7 Å². The minimum atomic E-state index is -4.08. The molecular formula is C10H16N2O6S. The Kier molecular flexibility index (Phi) is 4.90. The maximum atomic E-state index is 11.6. The predicted molar refractivity (Wildman–Crippen MR) is 65.5 cm³/mol. The van der Waals surface area contributed by atoms with E-state index in [0.29, 0.717) is 0 Å². The van der Waals surface area contributed by atoms with Crippen LogP contribution < -0.4 is 9.44 Å². The number of aliphatic carboxylic acids is 1. The lowest BCUT2D eigenvalue weighted by Crippen LogP contribution is -2.44. The third-order valence-corrected chi connectivity index (χ3v) is 3.32. The van der Waals surface area contributed by atoms with E-state index in [1.165, 1.54) is 12.2 Å². The highest BCUT2D eigenvalue weighted by Gasteiger charge is 2.28. The Bertz CT molecular complexity index is 484. The summed E-state index contributed by atoms with van der Waals surface area (Å²) in [6, 6.07) is -0.662. The monoisotopic (exact) mass is 292 g/mol. The summed E-state index contributed by atoms with van der Waals surface area (Å²) in [5.74, 6) is -1.75. The van der Waals surface area contributed by atoms with Gasteiger partial charge in [-0.15, -0.1) is 0 Å². The fraction of sp³-hybridized carbons (Fsp3) is 0.600. The quantitative estimate of drug-likeness (QED) is 0.612. The van der Waals surface area contributed by atoms with Gasteiger partial charge >= 0.3 is 22.3 Å². The second kappa shape index (κ2) is 6.02. The van der Waals surface area contributed by atoms with E-state index >= 15 is 0 Å². The molecule has 1 amide bonds. The summed E-state index contributed by atoms with van der Waals surface area (Å²) < 4.78 is 31.6.